The Bertz CT molecular complexity index is 528. The molecule has 0 aliphatic heterocycles. The van der Waals surface area contributed by atoms with E-state index >= 15 is 0 Å². The van der Waals surface area contributed by atoms with Gasteiger partial charge >= 0.3 is 0 Å². The van der Waals surface area contributed by atoms with Crippen molar-refractivity contribution in [3.05, 3.63) is 24.3 Å². The minimum Gasteiger partial charge on any atom is -0.494 e. The highest BCUT2D eigenvalue weighted by atomic mass is 32.2. The summed E-state index contributed by atoms with van der Waals surface area (Å²) in [6.07, 6.45) is 2.73. The monoisotopic (exact) mass is 298 g/mol. The lowest BCUT2D eigenvalue weighted by Gasteiger charge is -2.08. The largest absolute Gasteiger partial charge is 0.494 e. The van der Waals surface area contributed by atoms with Crippen LogP contribution in [-0.2, 0) is 10.0 Å². The van der Waals surface area contributed by atoms with E-state index in [-0.39, 0.29) is 10.9 Å². The standard InChI is InChI=1S/C14H22N2O3S/c1-2-11-10-14(11)16-20(17,18)13-6-4-12(5-7-13)19-9-3-8-15/h4-7,11,14,16H,2-3,8-10,15H2,1H3. The van der Waals surface area contributed by atoms with Crippen LogP contribution < -0.4 is 15.2 Å². The van der Waals surface area contributed by atoms with Crippen LogP contribution >= 0.6 is 0 Å². The lowest BCUT2D eigenvalue weighted by atomic mass is 10.3. The van der Waals surface area contributed by atoms with Gasteiger partial charge in [0.1, 0.15) is 5.75 Å². The number of benzene rings is 1. The third-order valence-corrected chi connectivity index (χ3v) is 5.01. The topological polar surface area (TPSA) is 81.4 Å². The molecular weight excluding hydrogens is 276 g/mol. The van der Waals surface area contributed by atoms with Crippen molar-refractivity contribution < 1.29 is 13.2 Å². The van der Waals surface area contributed by atoms with Crippen LogP contribution in [0, 0.1) is 5.92 Å². The van der Waals surface area contributed by atoms with E-state index in [2.05, 4.69) is 11.6 Å². The molecule has 112 valence electrons. The summed E-state index contributed by atoms with van der Waals surface area (Å²) in [7, 11) is -3.41. The summed E-state index contributed by atoms with van der Waals surface area (Å²) in [5.74, 6) is 1.15. The number of hydrogen-bond donors (Lipinski definition) is 2. The summed E-state index contributed by atoms with van der Waals surface area (Å²) in [6, 6.07) is 6.60. The van der Waals surface area contributed by atoms with Crippen LogP contribution in [0.4, 0.5) is 0 Å². The van der Waals surface area contributed by atoms with Crippen molar-refractivity contribution in [1.29, 1.82) is 0 Å². The highest BCUT2D eigenvalue weighted by Crippen LogP contribution is 2.34. The van der Waals surface area contributed by atoms with Crippen LogP contribution in [-0.4, -0.2) is 27.6 Å². The van der Waals surface area contributed by atoms with Crippen molar-refractivity contribution in [2.75, 3.05) is 13.2 Å². The summed E-state index contributed by atoms with van der Waals surface area (Å²) >= 11 is 0. The Hall–Kier alpha value is -1.11. The first-order valence-corrected chi connectivity index (χ1v) is 8.50. The molecule has 1 aliphatic carbocycles. The molecular formula is C14H22N2O3S. The highest BCUT2D eigenvalue weighted by Gasteiger charge is 2.38. The average molecular weight is 298 g/mol. The zero-order valence-electron chi connectivity index (χ0n) is 11.7. The first kappa shape index (κ1) is 15.3. The van der Waals surface area contributed by atoms with Crippen LogP contribution in [0.15, 0.2) is 29.2 Å². The van der Waals surface area contributed by atoms with Crippen molar-refractivity contribution in [3.63, 3.8) is 0 Å². The van der Waals surface area contributed by atoms with E-state index in [0.717, 1.165) is 19.3 Å². The fourth-order valence-electron chi connectivity index (χ4n) is 2.10. The third kappa shape index (κ3) is 3.94. The first-order valence-electron chi connectivity index (χ1n) is 7.02. The average Bonchev–Trinajstić information content (AvgIpc) is 3.17. The zero-order valence-corrected chi connectivity index (χ0v) is 12.5. The molecule has 0 saturated heterocycles. The molecule has 2 rings (SSSR count). The summed E-state index contributed by atoms with van der Waals surface area (Å²) in [5.41, 5.74) is 5.38. The highest BCUT2D eigenvalue weighted by molar-refractivity contribution is 7.89. The van der Waals surface area contributed by atoms with Crippen LogP contribution in [0.25, 0.3) is 0 Å². The van der Waals surface area contributed by atoms with E-state index in [1.54, 1.807) is 24.3 Å². The molecule has 1 aromatic rings. The number of nitrogens with two attached hydrogens (primary N) is 1. The third-order valence-electron chi connectivity index (χ3n) is 3.50. The lowest BCUT2D eigenvalue weighted by Crippen LogP contribution is -2.27. The van der Waals surface area contributed by atoms with Gasteiger partial charge in [0.25, 0.3) is 0 Å². The maximum absolute atomic E-state index is 12.1. The van der Waals surface area contributed by atoms with Gasteiger partial charge in [0.2, 0.25) is 10.0 Å². The van der Waals surface area contributed by atoms with Crippen molar-refractivity contribution in [2.24, 2.45) is 11.7 Å². The van der Waals surface area contributed by atoms with Crippen LogP contribution in [0.2, 0.25) is 0 Å². The van der Waals surface area contributed by atoms with Gasteiger partial charge in [-0.3, -0.25) is 0 Å². The fraction of sp³-hybridized carbons (Fsp3) is 0.571. The molecule has 6 heteroatoms. The van der Waals surface area contributed by atoms with Gasteiger partial charge in [0.15, 0.2) is 0 Å². The minimum atomic E-state index is -3.41. The van der Waals surface area contributed by atoms with Gasteiger partial charge < -0.3 is 10.5 Å². The van der Waals surface area contributed by atoms with E-state index in [1.807, 2.05) is 0 Å². The Morgan fingerprint density at radius 1 is 1.35 bits per heavy atom. The Labute approximate surface area is 120 Å². The number of hydrogen-bond acceptors (Lipinski definition) is 4. The van der Waals surface area contributed by atoms with Crippen molar-refractivity contribution in [3.8, 4) is 5.75 Å². The van der Waals surface area contributed by atoms with Crippen molar-refractivity contribution >= 4 is 10.0 Å². The van der Waals surface area contributed by atoms with E-state index in [4.69, 9.17) is 10.5 Å². The van der Waals surface area contributed by atoms with Crippen LogP contribution in [0.5, 0.6) is 5.75 Å². The number of rotatable bonds is 8. The molecule has 0 bridgehead atoms. The van der Waals surface area contributed by atoms with Gasteiger partial charge in [0.05, 0.1) is 11.5 Å². The Kier molecular flexibility index (Phi) is 5.01. The number of nitrogens with one attached hydrogen (secondary N) is 1. The number of ether oxygens (including phenoxy) is 1. The molecule has 3 N–H and O–H groups in total. The van der Waals surface area contributed by atoms with Gasteiger partial charge in [-0.15, -0.1) is 0 Å². The Balaban J connectivity index is 1.94. The number of sulfonamides is 1. The van der Waals surface area contributed by atoms with Crippen molar-refractivity contribution in [2.45, 2.75) is 37.1 Å². The van der Waals surface area contributed by atoms with Gasteiger partial charge in [-0.2, -0.15) is 0 Å². The fourth-order valence-corrected chi connectivity index (χ4v) is 3.42. The summed E-state index contributed by atoms with van der Waals surface area (Å²) in [5, 5.41) is 0. The Morgan fingerprint density at radius 3 is 2.60 bits per heavy atom. The molecule has 0 aromatic heterocycles. The van der Waals surface area contributed by atoms with E-state index < -0.39 is 10.0 Å². The van der Waals surface area contributed by atoms with Crippen LogP contribution in [0.1, 0.15) is 26.2 Å². The maximum Gasteiger partial charge on any atom is 0.240 e. The second-order valence-corrected chi connectivity index (χ2v) is 6.81. The van der Waals surface area contributed by atoms with Crippen LogP contribution in [0.3, 0.4) is 0 Å². The SMILES string of the molecule is CCC1CC1NS(=O)(=O)c1ccc(OCCCN)cc1. The molecule has 1 fully saturated rings. The predicted molar refractivity (Wildman–Crippen MR) is 78.1 cm³/mol. The van der Waals surface area contributed by atoms with Gasteiger partial charge in [-0.25, -0.2) is 13.1 Å². The van der Waals surface area contributed by atoms with E-state index in [9.17, 15) is 8.42 Å². The molecule has 0 radical (unpaired) electrons. The van der Waals surface area contributed by atoms with E-state index in [1.165, 1.54) is 0 Å². The summed E-state index contributed by atoms with van der Waals surface area (Å²) in [4.78, 5) is 0.283. The van der Waals surface area contributed by atoms with E-state index in [0.29, 0.717) is 24.8 Å². The van der Waals surface area contributed by atoms with Gasteiger partial charge in [-0.1, -0.05) is 13.3 Å². The molecule has 2 atom stereocenters. The molecule has 2 unspecified atom stereocenters. The molecule has 0 amide bonds. The van der Waals surface area contributed by atoms with Crippen molar-refractivity contribution in [1.82, 2.24) is 4.72 Å². The predicted octanol–water partition coefficient (Wildman–Crippen LogP) is 1.49. The minimum absolute atomic E-state index is 0.102. The molecule has 5 nitrogen and oxygen atoms in total. The quantitative estimate of drug-likeness (QED) is 0.712. The zero-order chi connectivity index (χ0) is 14.6. The first-order chi connectivity index (χ1) is 9.56. The second kappa shape index (κ2) is 6.56. The second-order valence-electron chi connectivity index (χ2n) is 5.09. The van der Waals surface area contributed by atoms with Gasteiger partial charge in [0, 0.05) is 6.04 Å². The summed E-state index contributed by atoms with van der Waals surface area (Å²) in [6.45, 7) is 3.20. The molecule has 1 saturated carbocycles. The Morgan fingerprint density at radius 2 is 2.05 bits per heavy atom. The molecule has 0 heterocycles. The smallest absolute Gasteiger partial charge is 0.240 e. The molecule has 0 spiro atoms. The van der Waals surface area contributed by atoms with Gasteiger partial charge in [-0.05, 0) is 49.6 Å². The summed E-state index contributed by atoms with van der Waals surface area (Å²) < 4.78 is 32.5. The normalized spacial score (nSPS) is 21.7. The molecule has 1 aliphatic rings. The lowest BCUT2D eigenvalue weighted by molar-refractivity contribution is 0.313. The maximum atomic E-state index is 12.1. The molecule has 20 heavy (non-hydrogen) atoms. The molecule has 1 aromatic carbocycles.